The molecular weight excluding hydrogens is 344 g/mol. The average Bonchev–Trinajstić information content (AvgIpc) is 2.74. The zero-order valence-corrected chi connectivity index (χ0v) is 13.5. The quantitative estimate of drug-likeness (QED) is 0.762. The molecule has 1 aromatic heterocycles. The van der Waals surface area contributed by atoms with Crippen LogP contribution in [0.1, 0.15) is 11.4 Å². The minimum Gasteiger partial charge on any atom is -0.314 e. The van der Waals surface area contributed by atoms with Gasteiger partial charge in [0.25, 0.3) is 10.0 Å². The minimum absolute atomic E-state index is 0.190. The molecule has 0 saturated heterocycles. The van der Waals surface area contributed by atoms with Gasteiger partial charge in [0.2, 0.25) is 0 Å². The first-order chi connectivity index (χ1) is 9.44. The zero-order chi connectivity index (χ0) is 14.8. The summed E-state index contributed by atoms with van der Waals surface area (Å²) in [4.78, 5) is 0.190. The van der Waals surface area contributed by atoms with Gasteiger partial charge in [-0.25, -0.2) is 8.42 Å². The number of nitrogens with one attached hydrogen (secondary N) is 3. The fourth-order valence-electron chi connectivity index (χ4n) is 1.84. The third-order valence-electron chi connectivity index (χ3n) is 2.67. The molecule has 20 heavy (non-hydrogen) atoms. The van der Waals surface area contributed by atoms with Crippen molar-refractivity contribution in [2.75, 3.05) is 11.8 Å². The van der Waals surface area contributed by atoms with Gasteiger partial charge in [-0.2, -0.15) is 5.10 Å². The molecule has 1 heterocycles. The predicted octanol–water partition coefficient (Wildman–Crippen LogP) is 2.00. The van der Waals surface area contributed by atoms with Gasteiger partial charge in [-0.05, 0) is 38.2 Å². The molecule has 0 amide bonds. The van der Waals surface area contributed by atoms with Crippen molar-refractivity contribution >= 4 is 31.6 Å². The number of H-pyrrole nitrogens is 1. The number of hydrogen-bond acceptors (Lipinski definition) is 4. The lowest BCUT2D eigenvalue weighted by Crippen LogP contribution is -2.17. The molecule has 0 spiro atoms. The number of benzene rings is 1. The topological polar surface area (TPSA) is 86.9 Å². The van der Waals surface area contributed by atoms with E-state index in [1.807, 2.05) is 0 Å². The van der Waals surface area contributed by atoms with Gasteiger partial charge in [0.1, 0.15) is 4.90 Å². The fraction of sp³-hybridized carbons (Fsp3) is 0.250. The van der Waals surface area contributed by atoms with Gasteiger partial charge in [-0.15, -0.1) is 0 Å². The standard InChI is InChI=1S/C12H15BrN4O2S/c1-8-12(11(7-14-2)16-15-8)20(18,19)17-10-5-3-9(13)4-6-10/h3-6,14,17H,7H2,1-2H3,(H,15,16). The molecule has 1 aromatic carbocycles. The van der Waals surface area contributed by atoms with Crippen LogP contribution in [0, 0.1) is 6.92 Å². The Morgan fingerprint density at radius 2 is 1.95 bits per heavy atom. The number of rotatable bonds is 5. The van der Waals surface area contributed by atoms with E-state index in [9.17, 15) is 8.42 Å². The Labute approximate surface area is 126 Å². The van der Waals surface area contributed by atoms with Crippen LogP contribution >= 0.6 is 15.9 Å². The van der Waals surface area contributed by atoms with Crippen LogP contribution in [0.25, 0.3) is 0 Å². The van der Waals surface area contributed by atoms with Crippen LogP contribution in [0.15, 0.2) is 33.6 Å². The summed E-state index contributed by atoms with van der Waals surface area (Å²) >= 11 is 3.31. The van der Waals surface area contributed by atoms with Crippen molar-refractivity contribution < 1.29 is 8.42 Å². The monoisotopic (exact) mass is 358 g/mol. The number of hydrogen-bond donors (Lipinski definition) is 3. The molecule has 6 nitrogen and oxygen atoms in total. The van der Waals surface area contributed by atoms with E-state index in [-0.39, 0.29) is 4.90 Å². The number of anilines is 1. The van der Waals surface area contributed by atoms with Crippen LogP contribution in [0.3, 0.4) is 0 Å². The van der Waals surface area contributed by atoms with Crippen LogP contribution in [0.2, 0.25) is 0 Å². The van der Waals surface area contributed by atoms with Gasteiger partial charge in [-0.3, -0.25) is 9.82 Å². The third-order valence-corrected chi connectivity index (χ3v) is 4.78. The molecule has 0 unspecified atom stereocenters. The first-order valence-electron chi connectivity index (χ1n) is 5.91. The molecule has 8 heteroatoms. The van der Waals surface area contributed by atoms with E-state index < -0.39 is 10.0 Å². The summed E-state index contributed by atoms with van der Waals surface area (Å²) < 4.78 is 28.3. The normalized spacial score (nSPS) is 11.6. The molecule has 108 valence electrons. The second kappa shape index (κ2) is 5.94. The van der Waals surface area contributed by atoms with E-state index in [4.69, 9.17) is 0 Å². The maximum Gasteiger partial charge on any atom is 0.265 e. The van der Waals surface area contributed by atoms with Crippen molar-refractivity contribution in [1.82, 2.24) is 15.5 Å². The van der Waals surface area contributed by atoms with Gasteiger partial charge in [0.05, 0.1) is 11.4 Å². The summed E-state index contributed by atoms with van der Waals surface area (Å²) in [5.41, 5.74) is 1.48. The number of aryl methyl sites for hydroxylation is 1. The van der Waals surface area contributed by atoms with Crippen molar-refractivity contribution in [3.63, 3.8) is 0 Å². The lowest BCUT2D eigenvalue weighted by molar-refractivity contribution is 0.598. The molecule has 0 bridgehead atoms. The Balaban J connectivity index is 2.35. The Hall–Kier alpha value is -1.38. The average molecular weight is 359 g/mol. The van der Waals surface area contributed by atoms with Crippen molar-refractivity contribution in [3.05, 3.63) is 40.1 Å². The summed E-state index contributed by atoms with van der Waals surface area (Å²) in [5.74, 6) is 0. The summed E-state index contributed by atoms with van der Waals surface area (Å²) in [6.07, 6.45) is 0. The van der Waals surface area contributed by atoms with Crippen LogP contribution in [0.4, 0.5) is 5.69 Å². The number of sulfonamides is 1. The van der Waals surface area contributed by atoms with Crippen LogP contribution < -0.4 is 10.0 Å². The van der Waals surface area contributed by atoms with E-state index in [1.165, 1.54) is 0 Å². The zero-order valence-electron chi connectivity index (χ0n) is 11.1. The van der Waals surface area contributed by atoms with Gasteiger partial charge < -0.3 is 5.32 Å². The van der Waals surface area contributed by atoms with E-state index in [0.717, 1.165) is 4.47 Å². The molecule has 0 saturated carbocycles. The summed E-state index contributed by atoms with van der Waals surface area (Å²) in [7, 11) is -1.93. The number of aromatic nitrogens is 2. The molecule has 0 aliphatic rings. The van der Waals surface area contributed by atoms with E-state index in [0.29, 0.717) is 23.6 Å². The van der Waals surface area contributed by atoms with Crippen molar-refractivity contribution in [1.29, 1.82) is 0 Å². The number of aromatic amines is 1. The van der Waals surface area contributed by atoms with Crippen molar-refractivity contribution in [2.45, 2.75) is 18.4 Å². The van der Waals surface area contributed by atoms with Gasteiger partial charge in [0.15, 0.2) is 0 Å². The Morgan fingerprint density at radius 3 is 2.55 bits per heavy atom. The van der Waals surface area contributed by atoms with E-state index in [2.05, 4.69) is 36.2 Å². The fourth-order valence-corrected chi connectivity index (χ4v) is 3.53. The Bertz CT molecular complexity index is 695. The van der Waals surface area contributed by atoms with Crippen LogP contribution in [-0.2, 0) is 16.6 Å². The molecule has 2 rings (SSSR count). The molecule has 0 aliphatic heterocycles. The van der Waals surface area contributed by atoms with E-state index >= 15 is 0 Å². The maximum absolute atomic E-state index is 12.5. The third kappa shape index (κ3) is 3.20. The first-order valence-corrected chi connectivity index (χ1v) is 8.18. The highest BCUT2D eigenvalue weighted by Gasteiger charge is 2.24. The second-order valence-electron chi connectivity index (χ2n) is 4.27. The highest BCUT2D eigenvalue weighted by atomic mass is 79.9. The molecule has 3 N–H and O–H groups in total. The number of nitrogens with zero attached hydrogens (tertiary/aromatic N) is 1. The smallest absolute Gasteiger partial charge is 0.265 e. The molecular formula is C12H15BrN4O2S. The Morgan fingerprint density at radius 1 is 1.30 bits per heavy atom. The largest absolute Gasteiger partial charge is 0.314 e. The maximum atomic E-state index is 12.5. The van der Waals surface area contributed by atoms with Gasteiger partial charge in [-0.1, -0.05) is 15.9 Å². The molecule has 0 fully saturated rings. The molecule has 2 aromatic rings. The molecule has 0 atom stereocenters. The lowest BCUT2D eigenvalue weighted by Gasteiger charge is -2.09. The molecule has 0 radical (unpaired) electrons. The second-order valence-corrected chi connectivity index (χ2v) is 6.80. The Kier molecular flexibility index (Phi) is 4.46. The summed E-state index contributed by atoms with van der Waals surface area (Å²) in [5, 5.41) is 9.62. The summed E-state index contributed by atoms with van der Waals surface area (Å²) in [6, 6.07) is 6.92. The van der Waals surface area contributed by atoms with Crippen LogP contribution in [0.5, 0.6) is 0 Å². The SMILES string of the molecule is CNCc1n[nH]c(C)c1S(=O)(=O)Nc1ccc(Br)cc1. The highest BCUT2D eigenvalue weighted by Crippen LogP contribution is 2.22. The lowest BCUT2D eigenvalue weighted by atomic mass is 10.3. The number of halogens is 1. The first kappa shape index (κ1) is 15.0. The minimum atomic E-state index is -3.67. The van der Waals surface area contributed by atoms with Crippen molar-refractivity contribution in [3.8, 4) is 0 Å². The van der Waals surface area contributed by atoms with E-state index in [1.54, 1.807) is 38.2 Å². The summed E-state index contributed by atoms with van der Waals surface area (Å²) in [6.45, 7) is 2.06. The molecule has 0 aliphatic carbocycles. The van der Waals surface area contributed by atoms with Crippen molar-refractivity contribution in [2.24, 2.45) is 0 Å². The highest BCUT2D eigenvalue weighted by molar-refractivity contribution is 9.10. The van der Waals surface area contributed by atoms with Crippen LogP contribution in [-0.4, -0.2) is 25.7 Å². The van der Waals surface area contributed by atoms with Gasteiger partial charge in [0, 0.05) is 16.7 Å². The van der Waals surface area contributed by atoms with Gasteiger partial charge >= 0.3 is 0 Å². The predicted molar refractivity (Wildman–Crippen MR) is 81.0 cm³/mol.